The first-order valence-electron chi connectivity index (χ1n) is 8.10. The lowest BCUT2D eigenvalue weighted by Gasteiger charge is -2.36. The van der Waals surface area contributed by atoms with Crippen molar-refractivity contribution in [2.75, 3.05) is 0 Å². The lowest BCUT2D eigenvalue weighted by Crippen LogP contribution is -2.31. The number of hydrogen-bond acceptors (Lipinski definition) is 1. The molecule has 0 N–H and O–H groups in total. The summed E-state index contributed by atoms with van der Waals surface area (Å²) in [6.45, 7) is 7.95. The zero-order valence-corrected chi connectivity index (χ0v) is 13.2. The van der Waals surface area contributed by atoms with Crippen molar-refractivity contribution in [3.8, 4) is 0 Å². The molecule has 0 bridgehead atoms. The number of carbonyl (C=O) groups excluding carboxylic acids is 1. The number of nitrogens with zero attached hydrogens (tertiary/aromatic N) is 1. The van der Waals surface area contributed by atoms with Crippen LogP contribution in [0.2, 0.25) is 0 Å². The minimum atomic E-state index is 0.119. The Labute approximate surface area is 122 Å². The Morgan fingerprint density at radius 1 is 1.10 bits per heavy atom. The zero-order chi connectivity index (χ0) is 14.4. The number of fused-ring (bicyclic) bond motifs is 1. The van der Waals surface area contributed by atoms with Gasteiger partial charge in [0.05, 0.1) is 0 Å². The molecule has 0 unspecified atom stereocenters. The number of ketones is 1. The third-order valence-electron chi connectivity index (χ3n) is 5.28. The van der Waals surface area contributed by atoms with Crippen LogP contribution in [-0.4, -0.2) is 10.4 Å². The van der Waals surface area contributed by atoms with E-state index in [2.05, 4.69) is 37.6 Å². The van der Waals surface area contributed by atoms with Crippen LogP contribution in [0.1, 0.15) is 75.3 Å². The average Bonchev–Trinajstić information content (AvgIpc) is 2.71. The molecule has 0 radical (unpaired) electrons. The Morgan fingerprint density at radius 2 is 1.80 bits per heavy atom. The van der Waals surface area contributed by atoms with Crippen molar-refractivity contribution in [3.63, 3.8) is 0 Å². The van der Waals surface area contributed by atoms with Crippen LogP contribution in [0.15, 0.2) is 12.3 Å². The third kappa shape index (κ3) is 2.57. The predicted molar refractivity (Wildman–Crippen MR) is 82.1 cm³/mol. The van der Waals surface area contributed by atoms with E-state index >= 15 is 0 Å². The molecule has 0 spiro atoms. The van der Waals surface area contributed by atoms with Crippen molar-refractivity contribution in [1.82, 2.24) is 4.57 Å². The van der Waals surface area contributed by atoms with Gasteiger partial charge in [-0.15, -0.1) is 0 Å². The Kier molecular flexibility index (Phi) is 3.30. The van der Waals surface area contributed by atoms with E-state index in [-0.39, 0.29) is 5.41 Å². The smallest absolute Gasteiger partial charge is 0.165 e. The van der Waals surface area contributed by atoms with E-state index in [9.17, 15) is 4.79 Å². The number of carbonyl (C=O) groups is 1. The summed E-state index contributed by atoms with van der Waals surface area (Å²) in [6.07, 6.45) is 10.7. The lowest BCUT2D eigenvalue weighted by atomic mass is 9.74. The fourth-order valence-corrected chi connectivity index (χ4v) is 4.12. The van der Waals surface area contributed by atoms with Gasteiger partial charge in [0.15, 0.2) is 5.78 Å². The fraction of sp³-hybridized carbons (Fsp3) is 0.722. The Bertz CT molecular complexity index is 518. The van der Waals surface area contributed by atoms with Crippen LogP contribution in [0.3, 0.4) is 0 Å². The molecule has 2 nitrogen and oxygen atoms in total. The molecule has 1 fully saturated rings. The van der Waals surface area contributed by atoms with Crippen LogP contribution in [0, 0.1) is 10.8 Å². The maximum Gasteiger partial charge on any atom is 0.165 e. The molecule has 2 heteroatoms. The van der Waals surface area contributed by atoms with E-state index in [4.69, 9.17) is 0 Å². The largest absolute Gasteiger partial charge is 0.350 e. The van der Waals surface area contributed by atoms with Gasteiger partial charge in [-0.2, -0.15) is 0 Å². The molecule has 0 aromatic carbocycles. The molecule has 0 atom stereocenters. The predicted octanol–water partition coefficient (Wildman–Crippen LogP) is 4.61. The molecule has 20 heavy (non-hydrogen) atoms. The Balaban J connectivity index is 1.87. The summed E-state index contributed by atoms with van der Waals surface area (Å²) in [7, 11) is 0. The van der Waals surface area contributed by atoms with Gasteiger partial charge < -0.3 is 4.57 Å². The summed E-state index contributed by atoms with van der Waals surface area (Å²) >= 11 is 0. The Hall–Kier alpha value is -1.05. The highest BCUT2D eigenvalue weighted by Crippen LogP contribution is 2.40. The Morgan fingerprint density at radius 3 is 2.50 bits per heavy atom. The molecule has 110 valence electrons. The molecule has 1 aromatic rings. The van der Waals surface area contributed by atoms with Gasteiger partial charge in [0.25, 0.3) is 0 Å². The highest BCUT2D eigenvalue weighted by Gasteiger charge is 2.34. The average molecular weight is 273 g/mol. The summed E-state index contributed by atoms with van der Waals surface area (Å²) in [5, 5.41) is 0. The second-order valence-electron chi connectivity index (χ2n) is 8.12. The van der Waals surface area contributed by atoms with Gasteiger partial charge >= 0.3 is 0 Å². The molecule has 2 aliphatic rings. The van der Waals surface area contributed by atoms with Crippen molar-refractivity contribution < 1.29 is 4.79 Å². The van der Waals surface area contributed by atoms with Crippen LogP contribution in [0.4, 0.5) is 0 Å². The highest BCUT2D eigenvalue weighted by molar-refractivity contribution is 5.98. The van der Waals surface area contributed by atoms with Crippen LogP contribution in [-0.2, 0) is 13.0 Å². The SMILES string of the molecule is CC1(C)CC(=O)c2ccn(CC3(C)CCCCC3)c2C1. The first kappa shape index (κ1) is 13.9. The fourth-order valence-electron chi connectivity index (χ4n) is 4.12. The van der Waals surface area contributed by atoms with Crippen LogP contribution < -0.4 is 0 Å². The minimum Gasteiger partial charge on any atom is -0.350 e. The zero-order valence-electron chi connectivity index (χ0n) is 13.2. The molecule has 0 amide bonds. The van der Waals surface area contributed by atoms with Gasteiger partial charge in [-0.3, -0.25) is 4.79 Å². The van der Waals surface area contributed by atoms with E-state index in [1.165, 1.54) is 37.8 Å². The van der Waals surface area contributed by atoms with Crippen molar-refractivity contribution in [2.45, 2.75) is 72.3 Å². The van der Waals surface area contributed by atoms with Gasteiger partial charge in [0, 0.05) is 30.4 Å². The number of hydrogen-bond donors (Lipinski definition) is 0. The molecule has 2 aliphatic carbocycles. The third-order valence-corrected chi connectivity index (χ3v) is 5.28. The summed E-state index contributed by atoms with van der Waals surface area (Å²) in [4.78, 5) is 12.3. The molecule has 0 aliphatic heterocycles. The molecule has 1 heterocycles. The topological polar surface area (TPSA) is 22.0 Å². The summed E-state index contributed by atoms with van der Waals surface area (Å²) in [5.74, 6) is 0.337. The van der Waals surface area contributed by atoms with Gasteiger partial charge in [-0.1, -0.05) is 40.0 Å². The van der Waals surface area contributed by atoms with Gasteiger partial charge in [-0.05, 0) is 36.2 Å². The van der Waals surface area contributed by atoms with E-state index in [1.807, 2.05) is 0 Å². The summed E-state index contributed by atoms with van der Waals surface area (Å²) < 4.78 is 2.39. The monoisotopic (exact) mass is 273 g/mol. The standard InChI is InChI=1S/C18H27NO/c1-17(2)11-15-14(16(20)12-17)7-10-19(15)13-18(3)8-5-4-6-9-18/h7,10H,4-6,8-9,11-13H2,1-3H3. The molecule has 0 saturated heterocycles. The molecule has 1 saturated carbocycles. The number of rotatable bonds is 2. The number of aromatic nitrogens is 1. The van der Waals surface area contributed by atoms with Crippen molar-refractivity contribution in [1.29, 1.82) is 0 Å². The van der Waals surface area contributed by atoms with Gasteiger partial charge in [0.2, 0.25) is 0 Å². The minimum absolute atomic E-state index is 0.119. The maximum absolute atomic E-state index is 12.3. The van der Waals surface area contributed by atoms with E-state index in [0.29, 0.717) is 17.6 Å². The summed E-state index contributed by atoms with van der Waals surface area (Å²) in [5.41, 5.74) is 2.82. The van der Waals surface area contributed by atoms with E-state index in [1.54, 1.807) is 0 Å². The highest BCUT2D eigenvalue weighted by atomic mass is 16.1. The molecular formula is C18H27NO. The van der Waals surface area contributed by atoms with Crippen molar-refractivity contribution in [2.24, 2.45) is 10.8 Å². The van der Waals surface area contributed by atoms with Crippen molar-refractivity contribution in [3.05, 3.63) is 23.5 Å². The second kappa shape index (κ2) is 4.75. The molecular weight excluding hydrogens is 246 g/mol. The van der Waals surface area contributed by atoms with Crippen LogP contribution in [0.25, 0.3) is 0 Å². The summed E-state index contributed by atoms with van der Waals surface area (Å²) in [6, 6.07) is 2.05. The van der Waals surface area contributed by atoms with Crippen LogP contribution in [0.5, 0.6) is 0 Å². The lowest BCUT2D eigenvalue weighted by molar-refractivity contribution is 0.0907. The second-order valence-corrected chi connectivity index (χ2v) is 8.12. The maximum atomic E-state index is 12.3. The first-order chi connectivity index (χ1) is 9.39. The quantitative estimate of drug-likeness (QED) is 0.771. The van der Waals surface area contributed by atoms with E-state index in [0.717, 1.165) is 18.5 Å². The first-order valence-corrected chi connectivity index (χ1v) is 8.10. The van der Waals surface area contributed by atoms with Crippen LogP contribution >= 0.6 is 0 Å². The normalized spacial score (nSPS) is 24.4. The van der Waals surface area contributed by atoms with E-state index < -0.39 is 0 Å². The number of Topliss-reactive ketones (excluding diaryl/α,β-unsaturated/α-hetero) is 1. The van der Waals surface area contributed by atoms with Gasteiger partial charge in [-0.25, -0.2) is 0 Å². The van der Waals surface area contributed by atoms with Crippen molar-refractivity contribution >= 4 is 5.78 Å². The van der Waals surface area contributed by atoms with Gasteiger partial charge in [0.1, 0.15) is 0 Å². The molecule has 3 rings (SSSR count). The molecule has 1 aromatic heterocycles.